The molecule has 4 heteroatoms. The summed E-state index contributed by atoms with van der Waals surface area (Å²) in [7, 11) is 0. The Labute approximate surface area is 87.9 Å². The van der Waals surface area contributed by atoms with Crippen LogP contribution in [0.2, 0.25) is 0 Å². The normalized spacial score (nSPS) is 20.1. The SMILES string of the molecule is O=C(NC1CCOC1)c1ccccc1O. The average molecular weight is 207 g/mol. The third-order valence-electron chi connectivity index (χ3n) is 2.41. The predicted molar refractivity (Wildman–Crippen MR) is 54.8 cm³/mol. The van der Waals surface area contributed by atoms with E-state index in [9.17, 15) is 9.90 Å². The summed E-state index contributed by atoms with van der Waals surface area (Å²) in [5.74, 6) is -0.238. The highest BCUT2D eigenvalue weighted by atomic mass is 16.5. The predicted octanol–water partition coefficient (Wildman–Crippen LogP) is 0.911. The first-order valence-electron chi connectivity index (χ1n) is 4.94. The molecule has 1 aliphatic heterocycles. The van der Waals surface area contributed by atoms with Crippen molar-refractivity contribution in [2.75, 3.05) is 13.2 Å². The Hall–Kier alpha value is -1.55. The van der Waals surface area contributed by atoms with Crippen molar-refractivity contribution in [1.82, 2.24) is 5.32 Å². The number of ether oxygens (including phenoxy) is 1. The van der Waals surface area contributed by atoms with Crippen LogP contribution in [-0.2, 0) is 4.74 Å². The molecule has 15 heavy (non-hydrogen) atoms. The minimum atomic E-state index is -0.247. The average Bonchev–Trinajstić information content (AvgIpc) is 2.71. The Morgan fingerprint density at radius 3 is 2.93 bits per heavy atom. The van der Waals surface area contributed by atoms with Crippen molar-refractivity contribution in [1.29, 1.82) is 0 Å². The Bertz CT molecular complexity index is 359. The van der Waals surface area contributed by atoms with Gasteiger partial charge < -0.3 is 15.2 Å². The van der Waals surface area contributed by atoms with Gasteiger partial charge in [0.25, 0.3) is 5.91 Å². The second-order valence-corrected chi connectivity index (χ2v) is 3.55. The van der Waals surface area contributed by atoms with Gasteiger partial charge in [0.05, 0.1) is 18.2 Å². The molecule has 1 atom stereocenters. The highest BCUT2D eigenvalue weighted by molar-refractivity contribution is 5.96. The van der Waals surface area contributed by atoms with Gasteiger partial charge in [-0.3, -0.25) is 4.79 Å². The van der Waals surface area contributed by atoms with Gasteiger partial charge in [-0.05, 0) is 18.6 Å². The van der Waals surface area contributed by atoms with Crippen LogP contribution in [0.1, 0.15) is 16.8 Å². The van der Waals surface area contributed by atoms with Gasteiger partial charge in [-0.1, -0.05) is 12.1 Å². The first kappa shape index (κ1) is 9.98. The summed E-state index contributed by atoms with van der Waals surface area (Å²) in [6.45, 7) is 1.24. The fourth-order valence-corrected chi connectivity index (χ4v) is 1.58. The quantitative estimate of drug-likeness (QED) is 0.757. The van der Waals surface area contributed by atoms with Crippen molar-refractivity contribution in [3.63, 3.8) is 0 Å². The van der Waals surface area contributed by atoms with Crippen LogP contribution in [0.15, 0.2) is 24.3 Å². The Balaban J connectivity index is 2.04. The number of hydrogen-bond donors (Lipinski definition) is 2. The number of carbonyl (C=O) groups excluding carboxylic acids is 1. The lowest BCUT2D eigenvalue weighted by molar-refractivity contribution is 0.0927. The molecular weight excluding hydrogens is 194 g/mol. The molecule has 0 aromatic heterocycles. The zero-order chi connectivity index (χ0) is 10.7. The van der Waals surface area contributed by atoms with Crippen molar-refractivity contribution in [3.8, 4) is 5.75 Å². The van der Waals surface area contributed by atoms with Crippen molar-refractivity contribution >= 4 is 5.91 Å². The number of para-hydroxylation sites is 1. The molecular formula is C11H13NO3. The molecule has 1 aliphatic rings. The molecule has 1 fully saturated rings. The summed E-state index contributed by atoms with van der Waals surface area (Å²) >= 11 is 0. The molecule has 1 saturated heterocycles. The monoisotopic (exact) mass is 207 g/mol. The number of carbonyl (C=O) groups is 1. The number of amides is 1. The van der Waals surface area contributed by atoms with Crippen LogP contribution in [0.3, 0.4) is 0 Å². The van der Waals surface area contributed by atoms with E-state index in [0.717, 1.165) is 6.42 Å². The molecule has 1 heterocycles. The van der Waals surface area contributed by atoms with Crippen LogP contribution >= 0.6 is 0 Å². The third-order valence-corrected chi connectivity index (χ3v) is 2.41. The van der Waals surface area contributed by atoms with Crippen molar-refractivity contribution in [3.05, 3.63) is 29.8 Å². The lowest BCUT2D eigenvalue weighted by Crippen LogP contribution is -2.34. The summed E-state index contributed by atoms with van der Waals surface area (Å²) in [4.78, 5) is 11.7. The molecule has 1 unspecified atom stereocenters. The number of aromatic hydroxyl groups is 1. The molecule has 1 aromatic rings. The van der Waals surface area contributed by atoms with Gasteiger partial charge in [0.15, 0.2) is 0 Å². The Morgan fingerprint density at radius 2 is 2.27 bits per heavy atom. The highest BCUT2D eigenvalue weighted by Crippen LogP contribution is 2.16. The van der Waals surface area contributed by atoms with Gasteiger partial charge >= 0.3 is 0 Å². The van der Waals surface area contributed by atoms with Gasteiger partial charge in [0, 0.05) is 6.61 Å². The molecule has 2 rings (SSSR count). The zero-order valence-electron chi connectivity index (χ0n) is 8.27. The fraction of sp³-hybridized carbons (Fsp3) is 0.364. The second kappa shape index (κ2) is 4.31. The maximum absolute atomic E-state index is 11.7. The molecule has 1 aromatic carbocycles. The smallest absolute Gasteiger partial charge is 0.255 e. The van der Waals surface area contributed by atoms with E-state index in [1.54, 1.807) is 18.2 Å². The molecule has 0 bridgehead atoms. The van der Waals surface area contributed by atoms with Crippen LogP contribution < -0.4 is 5.32 Å². The lowest BCUT2D eigenvalue weighted by atomic mass is 10.1. The molecule has 0 saturated carbocycles. The van der Waals surface area contributed by atoms with Crippen LogP contribution in [-0.4, -0.2) is 30.3 Å². The fourth-order valence-electron chi connectivity index (χ4n) is 1.58. The molecule has 0 aliphatic carbocycles. The Kier molecular flexibility index (Phi) is 2.87. The van der Waals surface area contributed by atoms with E-state index >= 15 is 0 Å². The largest absolute Gasteiger partial charge is 0.507 e. The summed E-state index contributed by atoms with van der Waals surface area (Å²) in [5, 5.41) is 12.3. The van der Waals surface area contributed by atoms with Gasteiger partial charge in [-0.25, -0.2) is 0 Å². The van der Waals surface area contributed by atoms with Crippen molar-refractivity contribution < 1.29 is 14.6 Å². The first-order chi connectivity index (χ1) is 7.27. The minimum Gasteiger partial charge on any atom is -0.507 e. The first-order valence-corrected chi connectivity index (χ1v) is 4.94. The summed E-state index contributed by atoms with van der Waals surface area (Å²) in [5.41, 5.74) is 0.310. The number of rotatable bonds is 2. The molecule has 1 amide bonds. The van der Waals surface area contributed by atoms with Crippen LogP contribution in [0.25, 0.3) is 0 Å². The van der Waals surface area contributed by atoms with Crippen LogP contribution in [0.5, 0.6) is 5.75 Å². The van der Waals surface area contributed by atoms with E-state index in [1.807, 2.05) is 0 Å². The topological polar surface area (TPSA) is 58.6 Å². The van der Waals surface area contributed by atoms with E-state index in [0.29, 0.717) is 18.8 Å². The van der Waals surface area contributed by atoms with E-state index in [2.05, 4.69) is 5.32 Å². The van der Waals surface area contributed by atoms with E-state index < -0.39 is 0 Å². The van der Waals surface area contributed by atoms with Crippen molar-refractivity contribution in [2.45, 2.75) is 12.5 Å². The number of benzene rings is 1. The standard InChI is InChI=1S/C11H13NO3/c13-10-4-2-1-3-9(10)11(14)12-8-5-6-15-7-8/h1-4,8,13H,5-7H2,(H,12,14). The highest BCUT2D eigenvalue weighted by Gasteiger charge is 2.19. The summed E-state index contributed by atoms with van der Waals surface area (Å²) < 4.78 is 5.15. The second-order valence-electron chi connectivity index (χ2n) is 3.55. The van der Waals surface area contributed by atoms with Gasteiger partial charge in [-0.15, -0.1) is 0 Å². The summed E-state index contributed by atoms with van der Waals surface area (Å²) in [6.07, 6.45) is 0.833. The maximum Gasteiger partial charge on any atom is 0.255 e. The van der Waals surface area contributed by atoms with Gasteiger partial charge in [0.1, 0.15) is 5.75 Å². The molecule has 0 spiro atoms. The number of phenolic OH excluding ortho intramolecular Hbond substituents is 1. The van der Waals surface area contributed by atoms with Crippen molar-refractivity contribution in [2.24, 2.45) is 0 Å². The Morgan fingerprint density at radius 1 is 1.47 bits per heavy atom. The van der Waals surface area contributed by atoms with Gasteiger partial charge in [-0.2, -0.15) is 0 Å². The number of hydrogen-bond acceptors (Lipinski definition) is 3. The number of nitrogens with one attached hydrogen (secondary N) is 1. The molecule has 2 N–H and O–H groups in total. The lowest BCUT2D eigenvalue weighted by Gasteiger charge is -2.11. The molecule has 0 radical (unpaired) electrons. The van der Waals surface area contributed by atoms with E-state index in [-0.39, 0.29) is 17.7 Å². The molecule has 80 valence electrons. The zero-order valence-corrected chi connectivity index (χ0v) is 8.27. The van der Waals surface area contributed by atoms with E-state index in [1.165, 1.54) is 6.07 Å². The van der Waals surface area contributed by atoms with Crippen LogP contribution in [0.4, 0.5) is 0 Å². The van der Waals surface area contributed by atoms with E-state index in [4.69, 9.17) is 4.74 Å². The third kappa shape index (κ3) is 2.27. The summed E-state index contributed by atoms with van der Waals surface area (Å²) in [6, 6.07) is 6.57. The van der Waals surface area contributed by atoms with Gasteiger partial charge in [0.2, 0.25) is 0 Å². The number of phenols is 1. The van der Waals surface area contributed by atoms with Crippen LogP contribution in [0, 0.1) is 0 Å². The maximum atomic E-state index is 11.7. The molecule has 4 nitrogen and oxygen atoms in total. The minimum absolute atomic E-state index is 0.00825.